The van der Waals surface area contributed by atoms with E-state index >= 15 is 0 Å². The van der Waals surface area contributed by atoms with Crippen LogP contribution in [-0.2, 0) is 9.53 Å². The molecule has 1 heterocycles. The zero-order valence-electron chi connectivity index (χ0n) is 10.5. The van der Waals surface area contributed by atoms with Crippen molar-refractivity contribution >= 4 is 23.6 Å². The second-order valence-corrected chi connectivity index (χ2v) is 5.27. The summed E-state index contributed by atoms with van der Waals surface area (Å²) in [4.78, 5) is 23.5. The molecule has 0 saturated carbocycles. The van der Waals surface area contributed by atoms with Gasteiger partial charge in [-0.05, 0) is 11.8 Å². The third kappa shape index (κ3) is 3.20. The number of azo groups is 1. The zero-order chi connectivity index (χ0) is 13.7. The molecule has 0 saturated heterocycles. The predicted octanol–water partition coefficient (Wildman–Crippen LogP) is 2.63. The first-order valence-electron chi connectivity index (χ1n) is 6.02. The number of rotatable bonds is 5. The SMILES string of the molecule is CCSCCOC(=O)C1N=NC(=O)c2ccccc21. The summed E-state index contributed by atoms with van der Waals surface area (Å²) < 4.78 is 5.15. The third-order valence-corrected chi connectivity index (χ3v) is 3.51. The van der Waals surface area contributed by atoms with Gasteiger partial charge in [0, 0.05) is 16.9 Å². The number of esters is 1. The molecule has 6 heteroatoms. The molecule has 19 heavy (non-hydrogen) atoms. The molecule has 0 aliphatic carbocycles. The molecule has 2 rings (SSSR count). The summed E-state index contributed by atoms with van der Waals surface area (Å²) in [5, 5.41) is 7.24. The van der Waals surface area contributed by atoms with Gasteiger partial charge in [0.2, 0.25) is 0 Å². The van der Waals surface area contributed by atoms with E-state index in [0.717, 1.165) is 11.5 Å². The minimum atomic E-state index is -0.819. The van der Waals surface area contributed by atoms with Crippen LogP contribution in [0, 0.1) is 0 Å². The van der Waals surface area contributed by atoms with Crippen LogP contribution < -0.4 is 0 Å². The molecular weight excluding hydrogens is 264 g/mol. The lowest BCUT2D eigenvalue weighted by molar-refractivity contribution is -0.144. The Hall–Kier alpha value is -1.69. The van der Waals surface area contributed by atoms with Crippen LogP contribution >= 0.6 is 11.8 Å². The minimum absolute atomic E-state index is 0.347. The number of nitrogens with zero attached hydrogens (tertiary/aromatic N) is 2. The lowest BCUT2D eigenvalue weighted by Crippen LogP contribution is -2.20. The number of fused-ring (bicyclic) bond motifs is 1. The average Bonchev–Trinajstić information content (AvgIpc) is 2.44. The Kier molecular flexibility index (Phi) is 4.68. The number of carbonyl (C=O) groups excluding carboxylic acids is 2. The summed E-state index contributed by atoms with van der Waals surface area (Å²) in [6.07, 6.45) is 0. The molecule has 0 aromatic heterocycles. The van der Waals surface area contributed by atoms with E-state index in [-0.39, 0.29) is 0 Å². The first-order chi connectivity index (χ1) is 9.24. The van der Waals surface area contributed by atoms with E-state index in [0.29, 0.717) is 17.7 Å². The Morgan fingerprint density at radius 3 is 3.00 bits per heavy atom. The van der Waals surface area contributed by atoms with Gasteiger partial charge in [0.15, 0.2) is 6.04 Å². The number of hydrogen-bond acceptors (Lipinski definition) is 5. The van der Waals surface area contributed by atoms with Crippen molar-refractivity contribution in [3.63, 3.8) is 0 Å². The van der Waals surface area contributed by atoms with Crippen molar-refractivity contribution in [2.24, 2.45) is 10.2 Å². The van der Waals surface area contributed by atoms with Gasteiger partial charge in [-0.1, -0.05) is 25.1 Å². The molecule has 0 bridgehead atoms. The zero-order valence-corrected chi connectivity index (χ0v) is 11.4. The Morgan fingerprint density at radius 2 is 2.21 bits per heavy atom. The van der Waals surface area contributed by atoms with Gasteiger partial charge in [-0.15, -0.1) is 5.11 Å². The van der Waals surface area contributed by atoms with Crippen molar-refractivity contribution in [3.05, 3.63) is 35.4 Å². The van der Waals surface area contributed by atoms with Gasteiger partial charge in [0.1, 0.15) is 6.61 Å². The van der Waals surface area contributed by atoms with Crippen LogP contribution in [0.2, 0.25) is 0 Å². The molecule has 1 aliphatic rings. The van der Waals surface area contributed by atoms with Gasteiger partial charge < -0.3 is 4.74 Å². The van der Waals surface area contributed by atoms with Crippen molar-refractivity contribution in [2.45, 2.75) is 13.0 Å². The first-order valence-corrected chi connectivity index (χ1v) is 7.18. The van der Waals surface area contributed by atoms with Gasteiger partial charge in [-0.25, -0.2) is 4.79 Å². The van der Waals surface area contributed by atoms with Gasteiger partial charge in [0.05, 0.1) is 0 Å². The first kappa shape index (κ1) is 13.7. The molecule has 0 N–H and O–H groups in total. The monoisotopic (exact) mass is 278 g/mol. The molecule has 1 aromatic carbocycles. The lowest BCUT2D eigenvalue weighted by Gasteiger charge is -2.16. The van der Waals surface area contributed by atoms with Crippen LogP contribution in [0.15, 0.2) is 34.5 Å². The number of hydrogen-bond donors (Lipinski definition) is 0. The number of amides is 1. The maximum atomic E-state index is 11.9. The maximum absolute atomic E-state index is 11.9. The second kappa shape index (κ2) is 6.47. The molecule has 5 nitrogen and oxygen atoms in total. The lowest BCUT2D eigenvalue weighted by atomic mass is 9.99. The second-order valence-electron chi connectivity index (χ2n) is 3.87. The van der Waals surface area contributed by atoms with Crippen molar-refractivity contribution in [1.82, 2.24) is 0 Å². The van der Waals surface area contributed by atoms with Crippen LogP contribution in [0.4, 0.5) is 0 Å². The summed E-state index contributed by atoms with van der Waals surface area (Å²) in [7, 11) is 0. The normalized spacial score (nSPS) is 17.1. The summed E-state index contributed by atoms with van der Waals surface area (Å²) in [5.41, 5.74) is 0.984. The highest BCUT2D eigenvalue weighted by atomic mass is 32.2. The highest BCUT2D eigenvalue weighted by Gasteiger charge is 2.30. The van der Waals surface area contributed by atoms with Gasteiger partial charge in [0.25, 0.3) is 5.91 Å². The maximum Gasteiger partial charge on any atom is 0.337 e. The van der Waals surface area contributed by atoms with Crippen LogP contribution in [-0.4, -0.2) is 30.0 Å². The van der Waals surface area contributed by atoms with Gasteiger partial charge >= 0.3 is 5.97 Å². The predicted molar refractivity (Wildman–Crippen MR) is 72.3 cm³/mol. The van der Waals surface area contributed by atoms with Crippen molar-refractivity contribution in [1.29, 1.82) is 0 Å². The molecule has 1 aromatic rings. The molecule has 1 unspecified atom stereocenters. The molecule has 0 fully saturated rings. The fourth-order valence-electron chi connectivity index (χ4n) is 1.76. The third-order valence-electron chi connectivity index (χ3n) is 2.65. The Morgan fingerprint density at radius 1 is 1.42 bits per heavy atom. The van der Waals surface area contributed by atoms with E-state index in [4.69, 9.17) is 4.74 Å². The van der Waals surface area contributed by atoms with E-state index in [1.54, 1.807) is 36.0 Å². The molecule has 1 amide bonds. The van der Waals surface area contributed by atoms with E-state index in [9.17, 15) is 9.59 Å². The fourth-order valence-corrected chi connectivity index (χ4v) is 2.24. The molecule has 1 atom stereocenters. The summed E-state index contributed by atoms with van der Waals surface area (Å²) in [6, 6.07) is 6.03. The number of benzene rings is 1. The summed E-state index contributed by atoms with van der Waals surface area (Å²) in [6.45, 7) is 2.39. The van der Waals surface area contributed by atoms with Crippen LogP contribution in [0.1, 0.15) is 28.9 Å². The van der Waals surface area contributed by atoms with Crippen LogP contribution in [0.5, 0.6) is 0 Å². The molecule has 100 valence electrons. The standard InChI is InChI=1S/C13H14N2O3S/c1-2-19-8-7-18-13(17)11-9-5-3-4-6-10(9)12(16)15-14-11/h3-6,11H,2,7-8H2,1H3. The summed E-state index contributed by atoms with van der Waals surface area (Å²) in [5.74, 6) is 0.867. The van der Waals surface area contributed by atoms with Crippen LogP contribution in [0.3, 0.4) is 0 Å². The largest absolute Gasteiger partial charge is 0.463 e. The highest BCUT2D eigenvalue weighted by Crippen LogP contribution is 2.28. The molecule has 0 spiro atoms. The van der Waals surface area contributed by atoms with E-state index in [2.05, 4.69) is 10.2 Å². The quantitative estimate of drug-likeness (QED) is 0.613. The Bertz CT molecular complexity index is 516. The van der Waals surface area contributed by atoms with E-state index in [1.807, 2.05) is 6.92 Å². The van der Waals surface area contributed by atoms with Crippen molar-refractivity contribution < 1.29 is 14.3 Å². The molecule has 1 aliphatic heterocycles. The van der Waals surface area contributed by atoms with Crippen LogP contribution in [0.25, 0.3) is 0 Å². The number of carbonyl (C=O) groups is 2. The van der Waals surface area contributed by atoms with Crippen molar-refractivity contribution in [3.8, 4) is 0 Å². The van der Waals surface area contributed by atoms with E-state index in [1.165, 1.54) is 0 Å². The molecular formula is C13H14N2O3S. The average molecular weight is 278 g/mol. The Labute approximate surface area is 115 Å². The summed E-state index contributed by atoms with van der Waals surface area (Å²) >= 11 is 1.70. The minimum Gasteiger partial charge on any atom is -0.463 e. The molecule has 0 radical (unpaired) electrons. The fraction of sp³-hybridized carbons (Fsp3) is 0.385. The topological polar surface area (TPSA) is 68.1 Å². The smallest absolute Gasteiger partial charge is 0.337 e. The van der Waals surface area contributed by atoms with Crippen molar-refractivity contribution in [2.75, 3.05) is 18.1 Å². The number of ether oxygens (including phenoxy) is 1. The Balaban J connectivity index is 2.06. The van der Waals surface area contributed by atoms with Gasteiger partial charge in [-0.2, -0.15) is 16.9 Å². The highest BCUT2D eigenvalue weighted by molar-refractivity contribution is 7.99. The van der Waals surface area contributed by atoms with E-state index < -0.39 is 17.9 Å². The van der Waals surface area contributed by atoms with Gasteiger partial charge in [-0.3, -0.25) is 4.79 Å². The number of thioether (sulfide) groups is 1.